The van der Waals surface area contributed by atoms with Gasteiger partial charge in [-0.05, 0) is 24.6 Å². The van der Waals surface area contributed by atoms with Gasteiger partial charge in [0.15, 0.2) is 11.6 Å². The van der Waals surface area contributed by atoms with E-state index in [-0.39, 0.29) is 11.4 Å². The fourth-order valence-corrected chi connectivity index (χ4v) is 1.61. The molecule has 1 aromatic heterocycles. The van der Waals surface area contributed by atoms with Crippen molar-refractivity contribution >= 4 is 17.5 Å². The summed E-state index contributed by atoms with van der Waals surface area (Å²) in [4.78, 5) is 18.5. The molecule has 5 nitrogen and oxygen atoms in total. The zero-order valence-electron chi connectivity index (χ0n) is 10.2. The SMILES string of the molecule is CCc1ncnc(Nc2cccc(C(=O)O)c2)c1F. The van der Waals surface area contributed by atoms with Crippen LogP contribution in [0, 0.1) is 5.82 Å². The molecule has 19 heavy (non-hydrogen) atoms. The minimum atomic E-state index is -1.04. The fraction of sp³-hybridized carbons (Fsp3) is 0.154. The molecule has 0 aliphatic carbocycles. The average molecular weight is 261 g/mol. The number of hydrogen-bond acceptors (Lipinski definition) is 4. The van der Waals surface area contributed by atoms with E-state index < -0.39 is 11.8 Å². The van der Waals surface area contributed by atoms with Crippen LogP contribution in [0.15, 0.2) is 30.6 Å². The molecule has 0 bridgehead atoms. The van der Waals surface area contributed by atoms with Gasteiger partial charge in [-0.1, -0.05) is 13.0 Å². The summed E-state index contributed by atoms with van der Waals surface area (Å²) in [5.74, 6) is -1.53. The lowest BCUT2D eigenvalue weighted by molar-refractivity contribution is 0.0697. The Bertz CT molecular complexity index is 617. The first-order chi connectivity index (χ1) is 9.11. The van der Waals surface area contributed by atoms with Crippen molar-refractivity contribution in [1.82, 2.24) is 9.97 Å². The Morgan fingerprint density at radius 3 is 2.89 bits per heavy atom. The molecule has 98 valence electrons. The van der Waals surface area contributed by atoms with Crippen molar-refractivity contribution in [3.8, 4) is 0 Å². The number of carboxylic acids is 1. The summed E-state index contributed by atoms with van der Waals surface area (Å²) < 4.78 is 13.9. The van der Waals surface area contributed by atoms with Gasteiger partial charge in [-0.25, -0.2) is 19.2 Å². The van der Waals surface area contributed by atoms with Crippen LogP contribution in [0.1, 0.15) is 23.0 Å². The number of anilines is 2. The number of benzene rings is 1. The second kappa shape index (κ2) is 5.43. The van der Waals surface area contributed by atoms with Gasteiger partial charge in [0.1, 0.15) is 6.33 Å². The van der Waals surface area contributed by atoms with E-state index in [9.17, 15) is 9.18 Å². The predicted molar refractivity (Wildman–Crippen MR) is 68.1 cm³/mol. The molecule has 0 unspecified atom stereocenters. The summed E-state index contributed by atoms with van der Waals surface area (Å²) >= 11 is 0. The Kier molecular flexibility index (Phi) is 3.70. The van der Waals surface area contributed by atoms with E-state index in [1.807, 2.05) is 0 Å². The van der Waals surface area contributed by atoms with E-state index in [0.717, 1.165) is 0 Å². The minimum absolute atomic E-state index is 0.0365. The predicted octanol–water partition coefficient (Wildman–Crippen LogP) is 2.62. The smallest absolute Gasteiger partial charge is 0.335 e. The minimum Gasteiger partial charge on any atom is -0.478 e. The zero-order chi connectivity index (χ0) is 13.8. The third-order valence-corrected chi connectivity index (χ3v) is 2.57. The largest absolute Gasteiger partial charge is 0.478 e. The van der Waals surface area contributed by atoms with E-state index in [0.29, 0.717) is 17.8 Å². The molecular formula is C13H12FN3O2. The van der Waals surface area contributed by atoms with Crippen molar-refractivity contribution in [2.45, 2.75) is 13.3 Å². The molecule has 0 fully saturated rings. The Morgan fingerprint density at radius 1 is 1.42 bits per heavy atom. The quantitative estimate of drug-likeness (QED) is 0.884. The van der Waals surface area contributed by atoms with E-state index in [1.54, 1.807) is 19.1 Å². The summed E-state index contributed by atoms with van der Waals surface area (Å²) in [7, 11) is 0. The van der Waals surface area contributed by atoms with Gasteiger partial charge in [-0.3, -0.25) is 0 Å². The fourth-order valence-electron chi connectivity index (χ4n) is 1.61. The zero-order valence-corrected chi connectivity index (χ0v) is 10.2. The monoisotopic (exact) mass is 261 g/mol. The van der Waals surface area contributed by atoms with Crippen LogP contribution >= 0.6 is 0 Å². The van der Waals surface area contributed by atoms with Crippen LogP contribution in [0.4, 0.5) is 15.9 Å². The number of rotatable bonds is 4. The van der Waals surface area contributed by atoms with Crippen molar-refractivity contribution in [3.05, 3.63) is 47.7 Å². The van der Waals surface area contributed by atoms with E-state index in [2.05, 4.69) is 15.3 Å². The first-order valence-electron chi connectivity index (χ1n) is 5.71. The van der Waals surface area contributed by atoms with Gasteiger partial charge >= 0.3 is 5.97 Å². The lowest BCUT2D eigenvalue weighted by Crippen LogP contribution is -2.03. The summed E-state index contributed by atoms with van der Waals surface area (Å²) in [5.41, 5.74) is 0.890. The Hall–Kier alpha value is -2.50. The number of nitrogens with one attached hydrogen (secondary N) is 1. The van der Waals surface area contributed by atoms with E-state index in [4.69, 9.17) is 5.11 Å². The van der Waals surface area contributed by atoms with Gasteiger partial charge in [0, 0.05) is 5.69 Å². The normalized spacial score (nSPS) is 10.2. The molecule has 0 aliphatic heterocycles. The van der Waals surface area contributed by atoms with Gasteiger partial charge in [0.05, 0.1) is 11.3 Å². The molecule has 0 aliphatic rings. The molecule has 0 atom stereocenters. The van der Waals surface area contributed by atoms with Crippen molar-refractivity contribution in [1.29, 1.82) is 0 Å². The molecule has 0 radical (unpaired) electrons. The maximum Gasteiger partial charge on any atom is 0.335 e. The summed E-state index contributed by atoms with van der Waals surface area (Å²) in [6.07, 6.45) is 1.73. The van der Waals surface area contributed by atoms with Crippen molar-refractivity contribution in [2.24, 2.45) is 0 Å². The maximum absolute atomic E-state index is 13.9. The number of hydrogen-bond donors (Lipinski definition) is 2. The highest BCUT2D eigenvalue weighted by molar-refractivity contribution is 5.89. The molecule has 1 aromatic carbocycles. The van der Waals surface area contributed by atoms with Gasteiger partial charge in [0.25, 0.3) is 0 Å². The number of carboxylic acid groups (broad SMARTS) is 1. The second-order valence-corrected chi connectivity index (χ2v) is 3.85. The number of aromatic carboxylic acids is 1. The highest BCUT2D eigenvalue weighted by Crippen LogP contribution is 2.20. The topological polar surface area (TPSA) is 75.1 Å². The first kappa shape index (κ1) is 12.9. The number of halogens is 1. The van der Waals surface area contributed by atoms with Gasteiger partial charge < -0.3 is 10.4 Å². The van der Waals surface area contributed by atoms with Crippen LogP contribution < -0.4 is 5.32 Å². The third kappa shape index (κ3) is 2.85. The van der Waals surface area contributed by atoms with Crippen molar-refractivity contribution < 1.29 is 14.3 Å². The van der Waals surface area contributed by atoms with Crippen LogP contribution in [0.5, 0.6) is 0 Å². The van der Waals surface area contributed by atoms with Crippen LogP contribution in [-0.4, -0.2) is 21.0 Å². The first-order valence-corrected chi connectivity index (χ1v) is 5.71. The molecule has 1 heterocycles. The summed E-state index contributed by atoms with van der Waals surface area (Å²) in [6.45, 7) is 1.79. The number of carbonyl (C=O) groups is 1. The molecular weight excluding hydrogens is 249 g/mol. The van der Waals surface area contributed by atoms with Gasteiger partial charge in [-0.2, -0.15) is 0 Å². The molecule has 0 saturated carbocycles. The summed E-state index contributed by atoms with van der Waals surface area (Å²) in [6, 6.07) is 6.09. The number of aromatic nitrogens is 2. The van der Waals surface area contributed by atoms with E-state index in [1.165, 1.54) is 18.5 Å². The molecule has 2 N–H and O–H groups in total. The van der Waals surface area contributed by atoms with Crippen LogP contribution in [0.2, 0.25) is 0 Å². The lowest BCUT2D eigenvalue weighted by atomic mass is 10.2. The number of aryl methyl sites for hydroxylation is 1. The Balaban J connectivity index is 2.31. The Morgan fingerprint density at radius 2 is 2.21 bits per heavy atom. The van der Waals surface area contributed by atoms with Crippen LogP contribution in [0.3, 0.4) is 0 Å². The highest BCUT2D eigenvalue weighted by Gasteiger charge is 2.10. The second-order valence-electron chi connectivity index (χ2n) is 3.85. The molecule has 0 saturated heterocycles. The lowest BCUT2D eigenvalue weighted by Gasteiger charge is -2.08. The molecule has 0 spiro atoms. The van der Waals surface area contributed by atoms with Crippen molar-refractivity contribution in [3.63, 3.8) is 0 Å². The molecule has 2 rings (SSSR count). The average Bonchev–Trinajstić information content (AvgIpc) is 2.41. The van der Waals surface area contributed by atoms with Crippen LogP contribution in [0.25, 0.3) is 0 Å². The molecule has 2 aromatic rings. The third-order valence-electron chi connectivity index (χ3n) is 2.57. The molecule has 0 amide bonds. The van der Waals surface area contributed by atoms with Gasteiger partial charge in [-0.15, -0.1) is 0 Å². The summed E-state index contributed by atoms with van der Waals surface area (Å²) in [5, 5.41) is 11.6. The highest BCUT2D eigenvalue weighted by atomic mass is 19.1. The number of nitrogens with zero attached hydrogens (tertiary/aromatic N) is 2. The van der Waals surface area contributed by atoms with Gasteiger partial charge in [0.2, 0.25) is 0 Å². The van der Waals surface area contributed by atoms with E-state index >= 15 is 0 Å². The standard InChI is InChI=1S/C13H12FN3O2/c1-2-10-11(14)12(16-7-15-10)17-9-5-3-4-8(6-9)13(18)19/h3-7H,2H2,1H3,(H,18,19)(H,15,16,17). The molecule has 6 heteroatoms. The van der Waals surface area contributed by atoms with Crippen LogP contribution in [-0.2, 0) is 6.42 Å². The Labute approximate surface area is 109 Å². The van der Waals surface area contributed by atoms with Crippen molar-refractivity contribution in [2.75, 3.05) is 5.32 Å². The maximum atomic E-state index is 13.9.